The highest BCUT2D eigenvalue weighted by atomic mass is 16.2. The number of hydrogen-bond donors (Lipinski definition) is 0. The molecular formula is C18H28N6O2. The van der Waals surface area contributed by atoms with Gasteiger partial charge in [-0.25, -0.2) is 9.67 Å². The molecule has 0 saturated carbocycles. The first-order valence-corrected chi connectivity index (χ1v) is 9.10. The van der Waals surface area contributed by atoms with Crippen LogP contribution in [0.4, 0.5) is 0 Å². The smallest absolute Gasteiger partial charge is 0.264 e. The number of fused-ring (bicyclic) bond motifs is 1. The zero-order valence-corrected chi connectivity index (χ0v) is 16.3. The molecule has 1 fully saturated rings. The van der Waals surface area contributed by atoms with Gasteiger partial charge in [-0.2, -0.15) is 5.10 Å². The fourth-order valence-corrected chi connectivity index (χ4v) is 3.28. The molecule has 0 aliphatic carbocycles. The van der Waals surface area contributed by atoms with E-state index in [9.17, 15) is 9.59 Å². The SMILES string of the molecule is Cc1nc2c(cnn2C(C)(C)C)c(=O)n1CCC(=O)N1CCN(C)CC1. The summed E-state index contributed by atoms with van der Waals surface area (Å²) < 4.78 is 3.36. The Morgan fingerprint density at radius 2 is 1.85 bits per heavy atom. The lowest BCUT2D eigenvalue weighted by Crippen LogP contribution is -2.47. The van der Waals surface area contributed by atoms with E-state index in [1.807, 2.05) is 25.7 Å². The summed E-state index contributed by atoms with van der Waals surface area (Å²) >= 11 is 0. The van der Waals surface area contributed by atoms with Gasteiger partial charge < -0.3 is 9.80 Å². The Labute approximate surface area is 153 Å². The van der Waals surface area contributed by atoms with Crippen molar-refractivity contribution in [2.75, 3.05) is 33.2 Å². The lowest BCUT2D eigenvalue weighted by Gasteiger charge is -2.32. The molecule has 0 spiro atoms. The molecule has 8 nitrogen and oxygen atoms in total. The van der Waals surface area contributed by atoms with Crippen molar-refractivity contribution in [1.29, 1.82) is 0 Å². The molecule has 0 unspecified atom stereocenters. The average molecular weight is 360 g/mol. The molecule has 3 rings (SSSR count). The van der Waals surface area contributed by atoms with Crippen LogP contribution in [0.5, 0.6) is 0 Å². The van der Waals surface area contributed by atoms with Gasteiger partial charge in [0.2, 0.25) is 5.91 Å². The van der Waals surface area contributed by atoms with Crippen LogP contribution in [0.2, 0.25) is 0 Å². The summed E-state index contributed by atoms with van der Waals surface area (Å²) in [5, 5.41) is 4.84. The second kappa shape index (κ2) is 6.83. The molecular weight excluding hydrogens is 332 g/mol. The fourth-order valence-electron chi connectivity index (χ4n) is 3.28. The van der Waals surface area contributed by atoms with Crippen molar-refractivity contribution in [3.63, 3.8) is 0 Å². The summed E-state index contributed by atoms with van der Waals surface area (Å²) in [6.45, 7) is 11.5. The van der Waals surface area contributed by atoms with Crippen LogP contribution in [0.1, 0.15) is 33.0 Å². The van der Waals surface area contributed by atoms with Gasteiger partial charge in [-0.3, -0.25) is 14.2 Å². The predicted molar refractivity (Wildman–Crippen MR) is 100 cm³/mol. The molecule has 0 radical (unpaired) electrons. The quantitative estimate of drug-likeness (QED) is 0.810. The van der Waals surface area contributed by atoms with Crippen LogP contribution in [0.25, 0.3) is 11.0 Å². The number of hydrogen-bond acceptors (Lipinski definition) is 5. The van der Waals surface area contributed by atoms with E-state index in [2.05, 4.69) is 22.0 Å². The lowest BCUT2D eigenvalue weighted by atomic mass is 10.1. The van der Waals surface area contributed by atoms with E-state index in [1.54, 1.807) is 22.4 Å². The van der Waals surface area contributed by atoms with Gasteiger partial charge in [0.1, 0.15) is 11.2 Å². The van der Waals surface area contributed by atoms with Gasteiger partial charge in [0.25, 0.3) is 5.56 Å². The molecule has 0 atom stereocenters. The molecule has 1 aliphatic heterocycles. The molecule has 142 valence electrons. The normalized spacial score (nSPS) is 16.4. The van der Waals surface area contributed by atoms with E-state index in [0.29, 0.717) is 29.8 Å². The van der Waals surface area contributed by atoms with Crippen molar-refractivity contribution in [2.24, 2.45) is 0 Å². The van der Waals surface area contributed by atoms with Gasteiger partial charge in [-0.15, -0.1) is 0 Å². The van der Waals surface area contributed by atoms with Gasteiger partial charge in [0.15, 0.2) is 5.65 Å². The minimum atomic E-state index is -0.253. The van der Waals surface area contributed by atoms with E-state index in [0.717, 1.165) is 26.2 Å². The Kier molecular flexibility index (Phi) is 4.88. The maximum atomic E-state index is 12.9. The Bertz CT molecular complexity index is 868. The number of carbonyl (C=O) groups excluding carboxylic acids is 1. The molecule has 1 aliphatic rings. The third-order valence-electron chi connectivity index (χ3n) is 4.92. The van der Waals surface area contributed by atoms with Crippen molar-refractivity contribution in [2.45, 2.75) is 46.2 Å². The molecule has 0 bridgehead atoms. The minimum absolute atomic E-state index is 0.0925. The summed E-state index contributed by atoms with van der Waals surface area (Å²) in [6.07, 6.45) is 1.89. The minimum Gasteiger partial charge on any atom is -0.340 e. The first kappa shape index (κ1) is 18.6. The first-order valence-electron chi connectivity index (χ1n) is 9.10. The second-order valence-electron chi connectivity index (χ2n) is 8.01. The maximum absolute atomic E-state index is 12.9. The zero-order valence-electron chi connectivity index (χ0n) is 16.3. The summed E-state index contributed by atoms with van der Waals surface area (Å²) in [7, 11) is 2.06. The topological polar surface area (TPSA) is 76.3 Å². The number of amides is 1. The number of piperazine rings is 1. The fraction of sp³-hybridized carbons (Fsp3) is 0.667. The molecule has 0 N–H and O–H groups in total. The number of nitrogens with zero attached hydrogens (tertiary/aromatic N) is 6. The molecule has 2 aromatic heterocycles. The Hall–Kier alpha value is -2.22. The van der Waals surface area contributed by atoms with Crippen LogP contribution >= 0.6 is 0 Å². The molecule has 8 heteroatoms. The highest BCUT2D eigenvalue weighted by Gasteiger charge is 2.22. The Balaban J connectivity index is 1.80. The molecule has 2 aromatic rings. The average Bonchev–Trinajstić information content (AvgIpc) is 2.99. The van der Waals surface area contributed by atoms with E-state index < -0.39 is 0 Å². The largest absolute Gasteiger partial charge is 0.340 e. The second-order valence-corrected chi connectivity index (χ2v) is 8.01. The molecule has 1 saturated heterocycles. The molecule has 3 heterocycles. The molecule has 1 amide bonds. The Morgan fingerprint density at radius 3 is 2.46 bits per heavy atom. The van der Waals surface area contributed by atoms with Gasteiger partial charge in [0.05, 0.1) is 11.7 Å². The van der Waals surface area contributed by atoms with Crippen molar-refractivity contribution >= 4 is 16.9 Å². The summed E-state index contributed by atoms with van der Waals surface area (Å²) in [6, 6.07) is 0. The van der Waals surface area contributed by atoms with Gasteiger partial charge >= 0.3 is 0 Å². The van der Waals surface area contributed by atoms with Crippen LogP contribution < -0.4 is 5.56 Å². The number of aryl methyl sites for hydroxylation is 1. The number of carbonyl (C=O) groups is 1. The van der Waals surface area contributed by atoms with Crippen molar-refractivity contribution < 1.29 is 4.79 Å². The van der Waals surface area contributed by atoms with E-state index in [4.69, 9.17) is 0 Å². The van der Waals surface area contributed by atoms with Crippen LogP contribution in [0.3, 0.4) is 0 Å². The third kappa shape index (κ3) is 3.51. The van der Waals surface area contributed by atoms with E-state index in [-0.39, 0.29) is 17.0 Å². The monoisotopic (exact) mass is 360 g/mol. The van der Waals surface area contributed by atoms with Crippen LogP contribution in [-0.2, 0) is 16.9 Å². The Morgan fingerprint density at radius 1 is 1.19 bits per heavy atom. The van der Waals surface area contributed by atoms with Crippen LogP contribution in [0, 0.1) is 6.92 Å². The predicted octanol–water partition coefficient (Wildman–Crippen LogP) is 0.821. The summed E-state index contributed by atoms with van der Waals surface area (Å²) in [4.78, 5) is 34.0. The van der Waals surface area contributed by atoms with Crippen molar-refractivity contribution in [3.05, 3.63) is 22.4 Å². The number of aromatic nitrogens is 4. The molecule has 0 aromatic carbocycles. The summed E-state index contributed by atoms with van der Waals surface area (Å²) in [5.41, 5.74) is 0.216. The first-order chi connectivity index (χ1) is 12.2. The highest BCUT2D eigenvalue weighted by molar-refractivity contribution is 5.76. The van der Waals surface area contributed by atoms with Gasteiger partial charge in [-0.1, -0.05) is 0 Å². The van der Waals surface area contributed by atoms with E-state index in [1.165, 1.54) is 0 Å². The molecule has 26 heavy (non-hydrogen) atoms. The van der Waals surface area contributed by atoms with Crippen molar-refractivity contribution in [3.8, 4) is 0 Å². The highest BCUT2D eigenvalue weighted by Crippen LogP contribution is 2.18. The number of likely N-dealkylation sites (N-methyl/N-ethyl adjacent to an activating group) is 1. The number of rotatable bonds is 3. The van der Waals surface area contributed by atoms with Crippen LogP contribution in [0.15, 0.2) is 11.0 Å². The zero-order chi connectivity index (χ0) is 19.1. The lowest BCUT2D eigenvalue weighted by molar-refractivity contribution is -0.133. The van der Waals surface area contributed by atoms with Gasteiger partial charge in [-0.05, 0) is 34.7 Å². The third-order valence-corrected chi connectivity index (χ3v) is 4.92. The maximum Gasteiger partial charge on any atom is 0.264 e. The van der Waals surface area contributed by atoms with E-state index >= 15 is 0 Å². The van der Waals surface area contributed by atoms with Crippen molar-refractivity contribution in [1.82, 2.24) is 29.1 Å². The standard InChI is InChI=1S/C18H28N6O2/c1-13-20-16-14(12-19-24(16)18(2,3)4)17(26)23(13)7-6-15(25)22-10-8-21(5)9-11-22/h12H,6-11H2,1-5H3. The summed E-state index contributed by atoms with van der Waals surface area (Å²) in [5.74, 6) is 0.703. The van der Waals surface area contributed by atoms with Crippen LogP contribution in [-0.4, -0.2) is 68.3 Å². The van der Waals surface area contributed by atoms with Gasteiger partial charge in [0, 0.05) is 39.1 Å².